The van der Waals surface area contributed by atoms with Crippen molar-refractivity contribution < 1.29 is 9.53 Å². The van der Waals surface area contributed by atoms with Crippen LogP contribution in [-0.4, -0.2) is 31.7 Å². The van der Waals surface area contributed by atoms with Crippen molar-refractivity contribution in [2.24, 2.45) is 11.7 Å². The number of nitrogens with one attached hydrogen (secondary N) is 1. The van der Waals surface area contributed by atoms with E-state index < -0.39 is 0 Å². The lowest BCUT2D eigenvalue weighted by Gasteiger charge is -2.13. The summed E-state index contributed by atoms with van der Waals surface area (Å²) in [7, 11) is 0. The summed E-state index contributed by atoms with van der Waals surface area (Å²) in [4.78, 5) is 11.4. The van der Waals surface area contributed by atoms with Crippen molar-refractivity contribution in [2.75, 3.05) is 19.7 Å². The minimum atomic E-state index is -0.218. The molecular formula is C9H18N2O2. The lowest BCUT2D eigenvalue weighted by atomic mass is 10.1. The Labute approximate surface area is 78.8 Å². The molecule has 1 amide bonds. The molecule has 4 nitrogen and oxygen atoms in total. The number of nitrogens with two attached hydrogens (primary N) is 1. The van der Waals surface area contributed by atoms with Gasteiger partial charge in [-0.1, -0.05) is 6.92 Å². The average Bonchev–Trinajstić information content (AvgIpc) is 2.66. The van der Waals surface area contributed by atoms with Gasteiger partial charge in [-0.2, -0.15) is 0 Å². The minimum Gasteiger partial charge on any atom is -0.368 e. The van der Waals surface area contributed by atoms with Crippen LogP contribution in [0.3, 0.4) is 0 Å². The van der Waals surface area contributed by atoms with Gasteiger partial charge in [-0.3, -0.25) is 4.79 Å². The molecule has 1 saturated heterocycles. The summed E-state index contributed by atoms with van der Waals surface area (Å²) in [6, 6.07) is 0. The fourth-order valence-electron chi connectivity index (χ4n) is 1.26. The van der Waals surface area contributed by atoms with Gasteiger partial charge in [0.2, 0.25) is 5.91 Å². The van der Waals surface area contributed by atoms with Gasteiger partial charge < -0.3 is 15.8 Å². The van der Waals surface area contributed by atoms with Crippen molar-refractivity contribution in [1.29, 1.82) is 0 Å². The third kappa shape index (κ3) is 3.32. The van der Waals surface area contributed by atoms with Crippen LogP contribution in [0.1, 0.15) is 19.8 Å². The molecule has 0 radical (unpaired) electrons. The van der Waals surface area contributed by atoms with Crippen molar-refractivity contribution in [3.05, 3.63) is 0 Å². The molecule has 2 atom stereocenters. The fraction of sp³-hybridized carbons (Fsp3) is 0.889. The minimum absolute atomic E-state index is 0.0119. The number of hydrogen-bond donors (Lipinski definition) is 2. The number of ether oxygens (including phenoxy) is 1. The van der Waals surface area contributed by atoms with E-state index in [1.807, 2.05) is 6.92 Å². The highest BCUT2D eigenvalue weighted by atomic mass is 16.5. The number of rotatable bonds is 4. The first kappa shape index (κ1) is 10.5. The van der Waals surface area contributed by atoms with Gasteiger partial charge in [-0.15, -0.1) is 0 Å². The van der Waals surface area contributed by atoms with E-state index in [9.17, 15) is 4.79 Å². The van der Waals surface area contributed by atoms with E-state index in [-0.39, 0.29) is 12.0 Å². The van der Waals surface area contributed by atoms with Crippen LogP contribution in [0.2, 0.25) is 0 Å². The van der Waals surface area contributed by atoms with E-state index in [2.05, 4.69) is 5.32 Å². The van der Waals surface area contributed by atoms with Crippen LogP contribution in [0, 0.1) is 5.92 Å². The zero-order valence-corrected chi connectivity index (χ0v) is 8.08. The van der Waals surface area contributed by atoms with E-state index in [1.54, 1.807) is 0 Å². The summed E-state index contributed by atoms with van der Waals surface area (Å²) in [5.41, 5.74) is 5.43. The molecule has 0 aliphatic carbocycles. The Morgan fingerprint density at radius 1 is 1.77 bits per heavy atom. The fourth-order valence-corrected chi connectivity index (χ4v) is 1.26. The third-order valence-electron chi connectivity index (χ3n) is 2.25. The summed E-state index contributed by atoms with van der Waals surface area (Å²) in [5, 5.41) is 2.83. The van der Waals surface area contributed by atoms with Gasteiger partial charge in [0, 0.05) is 13.2 Å². The van der Waals surface area contributed by atoms with Gasteiger partial charge in [-0.05, 0) is 25.3 Å². The van der Waals surface area contributed by atoms with Crippen molar-refractivity contribution in [3.63, 3.8) is 0 Å². The van der Waals surface area contributed by atoms with Crippen LogP contribution < -0.4 is 11.1 Å². The molecule has 0 aromatic carbocycles. The van der Waals surface area contributed by atoms with Gasteiger partial charge in [0.1, 0.15) is 6.10 Å². The molecule has 0 aromatic heterocycles. The molecule has 0 spiro atoms. The molecule has 1 aliphatic heterocycles. The topological polar surface area (TPSA) is 64.3 Å². The predicted molar refractivity (Wildman–Crippen MR) is 50.2 cm³/mol. The molecule has 1 heterocycles. The monoisotopic (exact) mass is 186 g/mol. The van der Waals surface area contributed by atoms with Gasteiger partial charge in [-0.25, -0.2) is 0 Å². The molecule has 0 bridgehead atoms. The van der Waals surface area contributed by atoms with Crippen LogP contribution in [0.15, 0.2) is 0 Å². The van der Waals surface area contributed by atoms with Crippen LogP contribution in [-0.2, 0) is 9.53 Å². The Morgan fingerprint density at radius 2 is 2.54 bits per heavy atom. The standard InChI is InChI=1S/C9H18N2O2/c1-7(5-10)6-11-9(12)8-3-2-4-13-8/h7-8H,2-6,10H2,1H3,(H,11,12). The average molecular weight is 186 g/mol. The van der Waals surface area contributed by atoms with E-state index in [4.69, 9.17) is 10.5 Å². The second kappa shape index (κ2) is 5.19. The highest BCUT2D eigenvalue weighted by Crippen LogP contribution is 2.11. The van der Waals surface area contributed by atoms with Crippen LogP contribution in [0.5, 0.6) is 0 Å². The number of carbonyl (C=O) groups excluding carboxylic acids is 1. The molecule has 3 N–H and O–H groups in total. The summed E-state index contributed by atoms with van der Waals surface area (Å²) >= 11 is 0. The van der Waals surface area contributed by atoms with E-state index in [1.165, 1.54) is 0 Å². The molecule has 2 unspecified atom stereocenters. The normalized spacial score (nSPS) is 24.3. The highest BCUT2D eigenvalue weighted by molar-refractivity contribution is 5.80. The number of amides is 1. The Hall–Kier alpha value is -0.610. The lowest BCUT2D eigenvalue weighted by Crippen LogP contribution is -2.38. The van der Waals surface area contributed by atoms with Gasteiger partial charge in [0.15, 0.2) is 0 Å². The number of hydrogen-bond acceptors (Lipinski definition) is 3. The Bertz CT molecular complexity index is 167. The van der Waals surface area contributed by atoms with Crippen LogP contribution in [0.4, 0.5) is 0 Å². The summed E-state index contributed by atoms with van der Waals surface area (Å²) < 4.78 is 5.24. The van der Waals surface area contributed by atoms with E-state index >= 15 is 0 Å². The molecule has 1 rings (SSSR count). The molecule has 4 heteroatoms. The molecular weight excluding hydrogens is 168 g/mol. The molecule has 0 saturated carbocycles. The third-order valence-corrected chi connectivity index (χ3v) is 2.25. The first-order chi connectivity index (χ1) is 6.24. The zero-order valence-electron chi connectivity index (χ0n) is 8.08. The summed E-state index contributed by atoms with van der Waals surface area (Å²) in [6.45, 7) is 3.97. The predicted octanol–water partition coefficient (Wildman–Crippen LogP) is -0.124. The molecule has 76 valence electrons. The molecule has 1 aliphatic rings. The summed E-state index contributed by atoms with van der Waals surface area (Å²) in [5.74, 6) is 0.350. The van der Waals surface area contributed by atoms with Gasteiger partial charge in [0.05, 0.1) is 0 Å². The maximum absolute atomic E-state index is 11.4. The maximum atomic E-state index is 11.4. The van der Waals surface area contributed by atoms with Crippen LogP contribution in [0.25, 0.3) is 0 Å². The maximum Gasteiger partial charge on any atom is 0.249 e. The first-order valence-corrected chi connectivity index (χ1v) is 4.83. The molecule has 0 aromatic rings. The largest absolute Gasteiger partial charge is 0.368 e. The lowest BCUT2D eigenvalue weighted by molar-refractivity contribution is -0.130. The van der Waals surface area contributed by atoms with Gasteiger partial charge in [0.25, 0.3) is 0 Å². The second-order valence-corrected chi connectivity index (χ2v) is 3.59. The second-order valence-electron chi connectivity index (χ2n) is 3.59. The highest BCUT2D eigenvalue weighted by Gasteiger charge is 2.23. The van der Waals surface area contributed by atoms with Crippen molar-refractivity contribution in [3.8, 4) is 0 Å². The molecule has 13 heavy (non-hydrogen) atoms. The smallest absolute Gasteiger partial charge is 0.249 e. The first-order valence-electron chi connectivity index (χ1n) is 4.83. The quantitative estimate of drug-likeness (QED) is 0.643. The molecule has 1 fully saturated rings. The summed E-state index contributed by atoms with van der Waals surface area (Å²) in [6.07, 6.45) is 1.62. The Morgan fingerprint density at radius 3 is 3.08 bits per heavy atom. The van der Waals surface area contributed by atoms with Crippen molar-refractivity contribution >= 4 is 5.91 Å². The van der Waals surface area contributed by atoms with E-state index in [0.717, 1.165) is 12.8 Å². The Kier molecular flexibility index (Phi) is 4.18. The zero-order chi connectivity index (χ0) is 9.68. The number of carbonyl (C=O) groups is 1. The van der Waals surface area contributed by atoms with Crippen molar-refractivity contribution in [2.45, 2.75) is 25.9 Å². The van der Waals surface area contributed by atoms with Gasteiger partial charge >= 0.3 is 0 Å². The Balaban J connectivity index is 2.16. The van der Waals surface area contributed by atoms with Crippen molar-refractivity contribution in [1.82, 2.24) is 5.32 Å². The van der Waals surface area contributed by atoms with Crippen LogP contribution >= 0.6 is 0 Å². The SMILES string of the molecule is CC(CN)CNC(=O)C1CCCO1. The van der Waals surface area contributed by atoms with E-state index in [0.29, 0.717) is 25.6 Å².